The fraction of sp³-hybridized carbons (Fsp3) is 0.667. The van der Waals surface area contributed by atoms with Crippen LogP contribution in [0.4, 0.5) is 0 Å². The number of unbranched alkanes of at least 4 members (excludes halogenated alkanes) is 3. The van der Waals surface area contributed by atoms with Gasteiger partial charge in [-0.15, -0.1) is 0 Å². The quantitative estimate of drug-likeness (QED) is 0.496. The van der Waals surface area contributed by atoms with E-state index in [9.17, 15) is 9.59 Å². The molecule has 1 aliphatic heterocycles. The molecule has 0 spiro atoms. The van der Waals surface area contributed by atoms with E-state index in [-0.39, 0.29) is 11.8 Å². The summed E-state index contributed by atoms with van der Waals surface area (Å²) < 4.78 is 0. The molecular formula is C12H20N2O2. The Morgan fingerprint density at radius 1 is 1.06 bits per heavy atom. The monoisotopic (exact) mass is 224 g/mol. The van der Waals surface area contributed by atoms with Crippen LogP contribution in [-0.4, -0.2) is 36.3 Å². The highest BCUT2D eigenvalue weighted by atomic mass is 16.2. The zero-order chi connectivity index (χ0) is 11.8. The SMILES string of the molecule is CCCCCCNCCN1C(=O)C=CC1=O. The average Bonchev–Trinajstić information content (AvgIpc) is 2.59. The minimum atomic E-state index is -0.196. The van der Waals surface area contributed by atoms with Crippen molar-refractivity contribution in [3.05, 3.63) is 12.2 Å². The van der Waals surface area contributed by atoms with Crippen LogP contribution < -0.4 is 5.32 Å². The Morgan fingerprint density at radius 3 is 2.38 bits per heavy atom. The molecule has 0 aromatic rings. The van der Waals surface area contributed by atoms with Gasteiger partial charge in [-0.2, -0.15) is 0 Å². The van der Waals surface area contributed by atoms with Crippen molar-refractivity contribution in [2.45, 2.75) is 32.6 Å². The first-order valence-corrected chi connectivity index (χ1v) is 6.00. The zero-order valence-corrected chi connectivity index (χ0v) is 9.87. The van der Waals surface area contributed by atoms with E-state index in [2.05, 4.69) is 12.2 Å². The topological polar surface area (TPSA) is 49.4 Å². The summed E-state index contributed by atoms with van der Waals surface area (Å²) in [5.41, 5.74) is 0. The Bertz CT molecular complexity index is 256. The van der Waals surface area contributed by atoms with E-state index in [1.807, 2.05) is 0 Å². The summed E-state index contributed by atoms with van der Waals surface area (Å²) in [6, 6.07) is 0. The molecule has 4 heteroatoms. The Labute approximate surface area is 96.7 Å². The molecule has 1 heterocycles. The van der Waals surface area contributed by atoms with Crippen molar-refractivity contribution in [3.8, 4) is 0 Å². The summed E-state index contributed by atoms with van der Waals surface area (Å²) >= 11 is 0. The van der Waals surface area contributed by atoms with Crippen molar-refractivity contribution in [3.63, 3.8) is 0 Å². The van der Waals surface area contributed by atoms with Crippen molar-refractivity contribution in [1.82, 2.24) is 10.2 Å². The first-order chi connectivity index (χ1) is 7.75. The minimum absolute atomic E-state index is 0.196. The van der Waals surface area contributed by atoms with Gasteiger partial charge in [0.25, 0.3) is 11.8 Å². The van der Waals surface area contributed by atoms with Crippen LogP contribution >= 0.6 is 0 Å². The third-order valence-electron chi connectivity index (χ3n) is 2.62. The van der Waals surface area contributed by atoms with Gasteiger partial charge in [0.15, 0.2) is 0 Å². The van der Waals surface area contributed by atoms with E-state index in [0.29, 0.717) is 13.1 Å². The number of nitrogens with zero attached hydrogens (tertiary/aromatic N) is 1. The smallest absolute Gasteiger partial charge is 0.253 e. The Balaban J connectivity index is 1.99. The summed E-state index contributed by atoms with van der Waals surface area (Å²) in [4.78, 5) is 23.6. The van der Waals surface area contributed by atoms with Gasteiger partial charge in [-0.1, -0.05) is 26.2 Å². The molecule has 2 amide bonds. The highest BCUT2D eigenvalue weighted by Gasteiger charge is 2.21. The molecule has 16 heavy (non-hydrogen) atoms. The molecule has 0 saturated heterocycles. The van der Waals surface area contributed by atoms with Crippen LogP contribution in [0.25, 0.3) is 0 Å². The second-order valence-corrected chi connectivity index (χ2v) is 3.97. The van der Waals surface area contributed by atoms with Crippen molar-refractivity contribution < 1.29 is 9.59 Å². The van der Waals surface area contributed by atoms with Gasteiger partial charge in [-0.3, -0.25) is 14.5 Å². The van der Waals surface area contributed by atoms with Crippen LogP contribution in [-0.2, 0) is 9.59 Å². The van der Waals surface area contributed by atoms with Gasteiger partial charge in [-0.25, -0.2) is 0 Å². The van der Waals surface area contributed by atoms with E-state index >= 15 is 0 Å². The molecule has 0 fully saturated rings. The zero-order valence-electron chi connectivity index (χ0n) is 9.87. The van der Waals surface area contributed by atoms with Gasteiger partial charge >= 0.3 is 0 Å². The Kier molecular flexibility index (Phi) is 5.78. The molecule has 0 radical (unpaired) electrons. The molecule has 0 atom stereocenters. The molecule has 1 rings (SSSR count). The molecule has 0 aromatic heterocycles. The lowest BCUT2D eigenvalue weighted by atomic mass is 10.2. The normalized spacial score (nSPS) is 15.2. The Morgan fingerprint density at radius 2 is 1.75 bits per heavy atom. The summed E-state index contributed by atoms with van der Waals surface area (Å²) in [5.74, 6) is -0.393. The van der Waals surface area contributed by atoms with Crippen molar-refractivity contribution in [2.24, 2.45) is 0 Å². The van der Waals surface area contributed by atoms with E-state index < -0.39 is 0 Å². The maximum atomic E-state index is 11.2. The largest absolute Gasteiger partial charge is 0.315 e. The lowest BCUT2D eigenvalue weighted by Crippen LogP contribution is -2.36. The highest BCUT2D eigenvalue weighted by molar-refractivity contribution is 6.12. The lowest BCUT2D eigenvalue weighted by Gasteiger charge is -2.13. The molecule has 1 N–H and O–H groups in total. The number of hydrogen-bond donors (Lipinski definition) is 1. The van der Waals surface area contributed by atoms with Crippen LogP contribution in [0.1, 0.15) is 32.6 Å². The fourth-order valence-corrected chi connectivity index (χ4v) is 1.64. The summed E-state index contributed by atoms with van der Waals surface area (Å²) in [6.07, 6.45) is 7.56. The van der Waals surface area contributed by atoms with Gasteiger partial charge in [0.1, 0.15) is 0 Å². The molecule has 0 unspecified atom stereocenters. The lowest BCUT2D eigenvalue weighted by molar-refractivity contribution is -0.136. The molecule has 0 saturated carbocycles. The van der Waals surface area contributed by atoms with Gasteiger partial charge in [0.05, 0.1) is 0 Å². The third-order valence-corrected chi connectivity index (χ3v) is 2.62. The molecule has 0 aromatic carbocycles. The number of amides is 2. The Hall–Kier alpha value is -1.16. The van der Waals surface area contributed by atoms with Crippen molar-refractivity contribution in [1.29, 1.82) is 0 Å². The fourth-order valence-electron chi connectivity index (χ4n) is 1.64. The standard InChI is InChI=1S/C12H20N2O2/c1-2-3-4-5-8-13-9-10-14-11(15)6-7-12(14)16/h6-7,13H,2-5,8-10H2,1H3. The maximum Gasteiger partial charge on any atom is 0.253 e. The predicted octanol–water partition coefficient (Wildman–Crippen LogP) is 1.08. The average molecular weight is 224 g/mol. The first kappa shape index (κ1) is 12.9. The molecule has 0 aliphatic carbocycles. The van der Waals surface area contributed by atoms with Crippen molar-refractivity contribution >= 4 is 11.8 Å². The minimum Gasteiger partial charge on any atom is -0.315 e. The van der Waals surface area contributed by atoms with Gasteiger partial charge in [-0.05, 0) is 13.0 Å². The maximum absolute atomic E-state index is 11.2. The van der Waals surface area contributed by atoms with Crippen LogP contribution in [0.5, 0.6) is 0 Å². The molecule has 4 nitrogen and oxygen atoms in total. The van der Waals surface area contributed by atoms with Crippen LogP contribution in [0.2, 0.25) is 0 Å². The van der Waals surface area contributed by atoms with E-state index in [1.165, 1.54) is 36.3 Å². The second-order valence-electron chi connectivity index (χ2n) is 3.97. The summed E-state index contributed by atoms with van der Waals surface area (Å²) in [7, 11) is 0. The molecule has 1 aliphatic rings. The predicted molar refractivity (Wildman–Crippen MR) is 62.9 cm³/mol. The van der Waals surface area contributed by atoms with Gasteiger partial charge < -0.3 is 5.32 Å². The highest BCUT2D eigenvalue weighted by Crippen LogP contribution is 2.01. The summed E-state index contributed by atoms with van der Waals surface area (Å²) in [6.45, 7) is 4.30. The number of hydrogen-bond acceptors (Lipinski definition) is 3. The number of carbonyl (C=O) groups is 2. The molecule has 90 valence electrons. The number of nitrogens with one attached hydrogen (secondary N) is 1. The number of imide groups is 1. The third kappa shape index (κ3) is 4.14. The van der Waals surface area contributed by atoms with Crippen molar-refractivity contribution in [2.75, 3.05) is 19.6 Å². The van der Waals surface area contributed by atoms with Gasteiger partial charge in [0.2, 0.25) is 0 Å². The summed E-state index contributed by atoms with van der Waals surface area (Å²) in [5, 5.41) is 3.24. The number of carbonyl (C=O) groups excluding carboxylic acids is 2. The van der Waals surface area contributed by atoms with Crippen LogP contribution in [0, 0.1) is 0 Å². The first-order valence-electron chi connectivity index (χ1n) is 6.00. The van der Waals surface area contributed by atoms with Crippen LogP contribution in [0.15, 0.2) is 12.2 Å². The number of rotatable bonds is 8. The van der Waals surface area contributed by atoms with Gasteiger partial charge in [0, 0.05) is 25.2 Å². The second kappa shape index (κ2) is 7.17. The van der Waals surface area contributed by atoms with E-state index in [4.69, 9.17) is 0 Å². The van der Waals surface area contributed by atoms with E-state index in [1.54, 1.807) is 0 Å². The van der Waals surface area contributed by atoms with E-state index in [0.717, 1.165) is 13.0 Å². The molecular weight excluding hydrogens is 204 g/mol. The molecule has 0 bridgehead atoms. The van der Waals surface area contributed by atoms with Crippen LogP contribution in [0.3, 0.4) is 0 Å².